The van der Waals surface area contributed by atoms with Gasteiger partial charge in [0.1, 0.15) is 12.4 Å². The molecule has 102 valence electrons. The average Bonchev–Trinajstić information content (AvgIpc) is 2.34. The molecule has 0 radical (unpaired) electrons. The zero-order valence-electron chi connectivity index (χ0n) is 10.4. The minimum atomic E-state index is -0.713. The zero-order chi connectivity index (χ0) is 13.4. The van der Waals surface area contributed by atoms with Crippen molar-refractivity contribution in [3.05, 3.63) is 23.5 Å². The van der Waals surface area contributed by atoms with Crippen LogP contribution in [0.5, 0.6) is 0 Å². The predicted octanol–water partition coefficient (Wildman–Crippen LogP) is 2.92. The Hall–Kier alpha value is -1.23. The van der Waals surface area contributed by atoms with Gasteiger partial charge in [-0.15, -0.1) is 0 Å². The van der Waals surface area contributed by atoms with E-state index in [9.17, 15) is 13.6 Å². The molecule has 0 saturated carbocycles. The first-order valence-electron chi connectivity index (χ1n) is 6.24. The van der Waals surface area contributed by atoms with E-state index in [1.165, 1.54) is 6.08 Å². The highest BCUT2D eigenvalue weighted by Gasteiger charge is 2.18. The third-order valence-corrected chi connectivity index (χ3v) is 2.69. The number of hydrogen-bond donors (Lipinski definition) is 1. The maximum atomic E-state index is 13.2. The van der Waals surface area contributed by atoms with Gasteiger partial charge in [-0.05, 0) is 31.9 Å². The van der Waals surface area contributed by atoms with E-state index in [4.69, 9.17) is 10.5 Å². The van der Waals surface area contributed by atoms with Gasteiger partial charge in [-0.2, -0.15) is 0 Å². The molecule has 0 atom stereocenters. The average molecular weight is 259 g/mol. The minimum Gasteiger partial charge on any atom is -0.480 e. The Morgan fingerprint density at radius 3 is 2.78 bits per heavy atom. The zero-order valence-corrected chi connectivity index (χ0v) is 10.4. The summed E-state index contributed by atoms with van der Waals surface area (Å²) in [6, 6.07) is 0. The summed E-state index contributed by atoms with van der Waals surface area (Å²) in [5.74, 6) is -1.89. The van der Waals surface area contributed by atoms with E-state index < -0.39 is 17.4 Å². The maximum Gasteiger partial charge on any atom is 0.186 e. The van der Waals surface area contributed by atoms with Crippen LogP contribution < -0.4 is 5.73 Å². The van der Waals surface area contributed by atoms with Gasteiger partial charge in [0.25, 0.3) is 0 Å². The highest BCUT2D eigenvalue weighted by atomic mass is 19.1. The second-order valence-corrected chi connectivity index (χ2v) is 4.25. The number of nitrogens with two attached hydrogens (primary N) is 1. The number of carbonyl (C=O) groups excluding carboxylic acids is 1. The van der Waals surface area contributed by atoms with Crippen LogP contribution in [0.2, 0.25) is 0 Å². The molecular weight excluding hydrogens is 240 g/mol. The quantitative estimate of drug-likeness (QED) is 0.682. The molecule has 3 nitrogen and oxygen atoms in total. The number of unbranched alkanes of at least 4 members (excludes halogenated alkanes) is 2. The number of hydrogen-bond acceptors (Lipinski definition) is 3. The van der Waals surface area contributed by atoms with Crippen molar-refractivity contribution in [3.63, 3.8) is 0 Å². The van der Waals surface area contributed by atoms with Gasteiger partial charge in [-0.25, -0.2) is 8.78 Å². The molecule has 0 aliphatic heterocycles. The molecule has 0 bridgehead atoms. The largest absolute Gasteiger partial charge is 0.480 e. The summed E-state index contributed by atoms with van der Waals surface area (Å²) in [6.07, 6.45) is 4.59. The third-order valence-electron chi connectivity index (χ3n) is 2.69. The molecule has 5 heteroatoms. The molecular formula is C13H19F2NO2. The fraction of sp³-hybridized carbons (Fsp3) is 0.615. The van der Waals surface area contributed by atoms with Gasteiger partial charge in [-0.3, -0.25) is 4.79 Å². The fourth-order valence-electron chi connectivity index (χ4n) is 1.68. The molecule has 1 aliphatic rings. The van der Waals surface area contributed by atoms with Gasteiger partial charge in [0.05, 0.1) is 0 Å². The predicted molar refractivity (Wildman–Crippen MR) is 65.0 cm³/mol. The lowest BCUT2D eigenvalue weighted by Crippen LogP contribution is -2.11. The van der Waals surface area contributed by atoms with Crippen LogP contribution in [0.3, 0.4) is 0 Å². The van der Waals surface area contributed by atoms with Crippen molar-refractivity contribution in [2.75, 3.05) is 13.2 Å². The molecule has 1 aliphatic carbocycles. The molecule has 0 heterocycles. The lowest BCUT2D eigenvalue weighted by atomic mass is 10.1. The van der Waals surface area contributed by atoms with Crippen LogP contribution in [0.4, 0.5) is 8.78 Å². The number of allylic oxidation sites excluding steroid dienone is 3. The van der Waals surface area contributed by atoms with Gasteiger partial charge < -0.3 is 10.5 Å². The van der Waals surface area contributed by atoms with Crippen molar-refractivity contribution in [3.8, 4) is 0 Å². The Morgan fingerprint density at radius 2 is 2.11 bits per heavy atom. The molecule has 0 aromatic rings. The Morgan fingerprint density at radius 1 is 1.33 bits per heavy atom. The maximum absolute atomic E-state index is 13.2. The first-order valence-corrected chi connectivity index (χ1v) is 6.24. The van der Waals surface area contributed by atoms with Gasteiger partial charge in [0.2, 0.25) is 0 Å². The van der Waals surface area contributed by atoms with Crippen molar-refractivity contribution < 1.29 is 18.3 Å². The van der Waals surface area contributed by atoms with Crippen molar-refractivity contribution in [2.45, 2.75) is 38.5 Å². The Bertz CT molecular complexity index is 351. The monoisotopic (exact) mass is 259 g/mol. The van der Waals surface area contributed by atoms with E-state index in [1.54, 1.807) is 0 Å². The normalized spacial score (nSPS) is 15.6. The van der Waals surface area contributed by atoms with Crippen molar-refractivity contribution >= 4 is 5.78 Å². The van der Waals surface area contributed by atoms with Crippen molar-refractivity contribution in [2.24, 2.45) is 5.73 Å². The van der Waals surface area contributed by atoms with Gasteiger partial charge in [-0.1, -0.05) is 6.42 Å². The molecule has 0 fully saturated rings. The van der Waals surface area contributed by atoms with E-state index in [2.05, 4.69) is 0 Å². The number of ketones is 1. The Balaban J connectivity index is 2.28. The SMILES string of the molecule is NCCCCCC(=O)COC1=C(F)CCC=C1F. The third kappa shape index (κ3) is 4.96. The molecule has 1 rings (SSSR count). The molecule has 0 unspecified atom stereocenters. The summed E-state index contributed by atoms with van der Waals surface area (Å²) in [7, 11) is 0. The summed E-state index contributed by atoms with van der Waals surface area (Å²) in [4.78, 5) is 11.4. The lowest BCUT2D eigenvalue weighted by molar-refractivity contribution is -0.122. The van der Waals surface area contributed by atoms with Crippen LogP contribution in [-0.4, -0.2) is 18.9 Å². The van der Waals surface area contributed by atoms with E-state index in [-0.39, 0.29) is 18.8 Å². The fourth-order valence-corrected chi connectivity index (χ4v) is 1.68. The second kappa shape index (κ2) is 7.97. The van der Waals surface area contributed by atoms with Crippen molar-refractivity contribution in [1.29, 1.82) is 0 Å². The lowest BCUT2D eigenvalue weighted by Gasteiger charge is -2.13. The number of rotatable bonds is 8. The van der Waals surface area contributed by atoms with E-state index in [1.807, 2.05) is 0 Å². The molecule has 2 N–H and O–H groups in total. The van der Waals surface area contributed by atoms with Gasteiger partial charge in [0, 0.05) is 12.8 Å². The summed E-state index contributed by atoms with van der Waals surface area (Å²) < 4.78 is 31.4. The molecule has 0 amide bonds. The Kier molecular flexibility index (Phi) is 6.57. The van der Waals surface area contributed by atoms with Crippen LogP contribution in [0.15, 0.2) is 23.5 Å². The highest BCUT2D eigenvalue weighted by molar-refractivity contribution is 5.79. The summed E-state index contributed by atoms with van der Waals surface area (Å²) >= 11 is 0. The highest BCUT2D eigenvalue weighted by Crippen LogP contribution is 2.27. The number of halogens is 2. The number of carbonyl (C=O) groups is 1. The molecule has 18 heavy (non-hydrogen) atoms. The topological polar surface area (TPSA) is 52.3 Å². The standard InChI is InChI=1S/C13H19F2NO2/c14-11-6-4-7-12(15)13(11)18-9-10(17)5-2-1-3-8-16/h6H,1-5,7-9,16H2. The van der Waals surface area contributed by atoms with Crippen LogP contribution >= 0.6 is 0 Å². The van der Waals surface area contributed by atoms with Crippen molar-refractivity contribution in [1.82, 2.24) is 0 Å². The van der Waals surface area contributed by atoms with Crippen LogP contribution in [0.25, 0.3) is 0 Å². The van der Waals surface area contributed by atoms with Crippen LogP contribution in [-0.2, 0) is 9.53 Å². The summed E-state index contributed by atoms with van der Waals surface area (Å²) in [6.45, 7) is 0.339. The number of Topliss-reactive ketones (excluding diaryl/α,β-unsaturated/α-hetero) is 1. The summed E-state index contributed by atoms with van der Waals surface area (Å²) in [5, 5.41) is 0. The first-order chi connectivity index (χ1) is 8.65. The van der Waals surface area contributed by atoms with E-state index >= 15 is 0 Å². The molecule has 0 aromatic carbocycles. The molecule has 0 aromatic heterocycles. The van der Waals surface area contributed by atoms with Gasteiger partial charge >= 0.3 is 0 Å². The van der Waals surface area contributed by atoms with Gasteiger partial charge in [0.15, 0.2) is 17.4 Å². The molecule has 0 saturated heterocycles. The minimum absolute atomic E-state index is 0.132. The van der Waals surface area contributed by atoms with E-state index in [0.717, 1.165) is 19.3 Å². The molecule has 0 spiro atoms. The Labute approximate surface area is 106 Å². The van der Waals surface area contributed by atoms with Crippen LogP contribution in [0, 0.1) is 0 Å². The van der Waals surface area contributed by atoms with E-state index in [0.29, 0.717) is 19.4 Å². The second-order valence-electron chi connectivity index (χ2n) is 4.25. The first kappa shape index (κ1) is 14.8. The van der Waals surface area contributed by atoms with Crippen LogP contribution in [0.1, 0.15) is 38.5 Å². The number of ether oxygens (including phenoxy) is 1. The smallest absolute Gasteiger partial charge is 0.186 e. The summed E-state index contributed by atoms with van der Waals surface area (Å²) in [5.41, 5.74) is 5.33.